The van der Waals surface area contributed by atoms with E-state index in [0.717, 1.165) is 37.0 Å². The van der Waals surface area contributed by atoms with Gasteiger partial charge in [-0.25, -0.2) is 0 Å². The molecule has 212 valence electrons. The minimum Gasteiger partial charge on any atom is -0.493 e. The Bertz CT molecular complexity index is 794. The van der Waals surface area contributed by atoms with Gasteiger partial charge in [-0.05, 0) is 74.0 Å². The van der Waals surface area contributed by atoms with E-state index < -0.39 is 6.10 Å². The minimum absolute atomic E-state index is 0.0197. The fraction of sp³-hybridized carbons (Fsp3) is 0.767. The standard InChI is InChI=1S/C30H52N2O5/c1-20(2)24(16-23-9-8-22(5)29(17-23)37-13-7-12-35-6)18-27(31)28(33)19-26(21(3)4)30(34)32-25-10-14-36-15-11-25/h8-9,17,20-21,24-28,33H,7,10-16,18-19,31H2,1-6H3,(H,32,34)/t24-,26-,27-,28-/m0/s1. The molecule has 2 rings (SSSR count). The van der Waals surface area contributed by atoms with Crippen LogP contribution in [-0.2, 0) is 20.7 Å². The molecule has 1 aromatic carbocycles. The van der Waals surface area contributed by atoms with Crippen molar-refractivity contribution in [2.75, 3.05) is 33.5 Å². The average molecular weight is 521 g/mol. The summed E-state index contributed by atoms with van der Waals surface area (Å²) in [6.07, 6.45) is 3.75. The molecule has 1 aliphatic heterocycles. The zero-order valence-electron chi connectivity index (χ0n) is 24.0. The Hall–Kier alpha value is -1.67. The van der Waals surface area contributed by atoms with Crippen LogP contribution in [-0.4, -0.2) is 62.7 Å². The smallest absolute Gasteiger partial charge is 0.223 e. The lowest BCUT2D eigenvalue weighted by molar-refractivity contribution is -0.129. The number of nitrogens with two attached hydrogens (primary N) is 1. The van der Waals surface area contributed by atoms with E-state index in [-0.39, 0.29) is 29.8 Å². The maximum absolute atomic E-state index is 13.0. The summed E-state index contributed by atoms with van der Waals surface area (Å²) in [5, 5.41) is 14.2. The van der Waals surface area contributed by atoms with Crippen molar-refractivity contribution in [3.05, 3.63) is 29.3 Å². The highest BCUT2D eigenvalue weighted by Gasteiger charge is 2.31. The topological polar surface area (TPSA) is 103 Å². The van der Waals surface area contributed by atoms with Crippen molar-refractivity contribution in [3.63, 3.8) is 0 Å². The van der Waals surface area contributed by atoms with Crippen LogP contribution in [0.25, 0.3) is 0 Å². The molecular weight excluding hydrogens is 468 g/mol. The predicted molar refractivity (Wildman–Crippen MR) is 149 cm³/mol. The summed E-state index contributed by atoms with van der Waals surface area (Å²) < 4.78 is 16.5. The monoisotopic (exact) mass is 520 g/mol. The van der Waals surface area contributed by atoms with Crippen molar-refractivity contribution in [2.24, 2.45) is 29.4 Å². The van der Waals surface area contributed by atoms with E-state index in [4.69, 9.17) is 19.9 Å². The first kappa shape index (κ1) is 31.5. The van der Waals surface area contributed by atoms with Gasteiger partial charge in [0, 0.05) is 51.4 Å². The molecule has 7 heteroatoms. The van der Waals surface area contributed by atoms with Gasteiger partial charge in [-0.2, -0.15) is 0 Å². The quantitative estimate of drug-likeness (QED) is 0.282. The summed E-state index contributed by atoms with van der Waals surface area (Å²) in [7, 11) is 1.70. The maximum Gasteiger partial charge on any atom is 0.223 e. The molecule has 1 saturated heterocycles. The molecule has 0 spiro atoms. The molecule has 4 N–H and O–H groups in total. The summed E-state index contributed by atoms with van der Waals surface area (Å²) in [5.41, 5.74) is 8.89. The van der Waals surface area contributed by atoms with Gasteiger partial charge >= 0.3 is 0 Å². The van der Waals surface area contributed by atoms with E-state index in [1.54, 1.807) is 7.11 Å². The third-order valence-electron chi connectivity index (χ3n) is 7.72. The van der Waals surface area contributed by atoms with Crippen LogP contribution in [0.3, 0.4) is 0 Å². The SMILES string of the molecule is COCCCOc1cc(C[C@@H](C[C@H](N)[C@@H](O)C[C@H](C(=O)NC2CCOCC2)C(C)C)C(C)C)ccc1C. The molecule has 0 aliphatic carbocycles. The molecular formula is C30H52N2O5. The van der Waals surface area contributed by atoms with E-state index in [9.17, 15) is 9.90 Å². The summed E-state index contributed by atoms with van der Waals surface area (Å²) in [5.74, 6) is 1.50. The van der Waals surface area contributed by atoms with E-state index in [2.05, 4.69) is 44.3 Å². The highest BCUT2D eigenvalue weighted by atomic mass is 16.5. The number of benzene rings is 1. The van der Waals surface area contributed by atoms with Crippen LogP contribution < -0.4 is 15.8 Å². The Morgan fingerprint density at radius 2 is 1.84 bits per heavy atom. The fourth-order valence-electron chi connectivity index (χ4n) is 4.98. The Labute approximate surface area is 224 Å². The summed E-state index contributed by atoms with van der Waals surface area (Å²) in [6.45, 7) is 13.2. The molecule has 0 aromatic heterocycles. The van der Waals surface area contributed by atoms with Crippen molar-refractivity contribution in [1.82, 2.24) is 5.32 Å². The number of aliphatic hydroxyl groups excluding tert-OH is 1. The number of amides is 1. The first-order valence-electron chi connectivity index (χ1n) is 14.1. The minimum atomic E-state index is -0.730. The molecule has 0 saturated carbocycles. The molecule has 1 heterocycles. The van der Waals surface area contributed by atoms with E-state index >= 15 is 0 Å². The number of hydrogen-bond donors (Lipinski definition) is 3. The molecule has 7 nitrogen and oxygen atoms in total. The van der Waals surface area contributed by atoms with Gasteiger partial charge in [-0.15, -0.1) is 0 Å². The van der Waals surface area contributed by atoms with Gasteiger partial charge in [0.25, 0.3) is 0 Å². The van der Waals surface area contributed by atoms with Crippen LogP contribution >= 0.6 is 0 Å². The van der Waals surface area contributed by atoms with Crippen molar-refractivity contribution in [1.29, 1.82) is 0 Å². The normalized spacial score (nSPS) is 18.0. The third-order valence-corrected chi connectivity index (χ3v) is 7.72. The first-order valence-corrected chi connectivity index (χ1v) is 14.1. The molecule has 1 fully saturated rings. The summed E-state index contributed by atoms with van der Waals surface area (Å²) >= 11 is 0. The summed E-state index contributed by atoms with van der Waals surface area (Å²) in [6, 6.07) is 6.16. The van der Waals surface area contributed by atoms with Crippen LogP contribution in [0.15, 0.2) is 18.2 Å². The Morgan fingerprint density at radius 3 is 2.46 bits per heavy atom. The lowest BCUT2D eigenvalue weighted by Gasteiger charge is -2.31. The van der Waals surface area contributed by atoms with E-state index in [1.807, 2.05) is 13.8 Å². The molecule has 37 heavy (non-hydrogen) atoms. The molecule has 1 aromatic rings. The second kappa shape index (κ2) is 16.3. The lowest BCUT2D eigenvalue weighted by atomic mass is 9.80. The number of rotatable bonds is 16. The number of aliphatic hydroxyl groups is 1. The molecule has 1 aliphatic rings. The second-order valence-corrected chi connectivity index (χ2v) is 11.5. The van der Waals surface area contributed by atoms with Gasteiger partial charge in [-0.1, -0.05) is 39.8 Å². The summed E-state index contributed by atoms with van der Waals surface area (Å²) in [4.78, 5) is 13.0. The lowest BCUT2D eigenvalue weighted by Crippen LogP contribution is -2.46. The molecule has 4 atom stereocenters. The zero-order chi connectivity index (χ0) is 27.4. The largest absolute Gasteiger partial charge is 0.493 e. The average Bonchev–Trinajstić information content (AvgIpc) is 2.86. The van der Waals surface area contributed by atoms with Crippen LogP contribution in [0.1, 0.15) is 70.9 Å². The molecule has 1 amide bonds. The number of aryl methyl sites for hydroxylation is 1. The van der Waals surface area contributed by atoms with Gasteiger partial charge in [0.2, 0.25) is 5.91 Å². The van der Waals surface area contributed by atoms with Crippen molar-refractivity contribution < 1.29 is 24.1 Å². The Morgan fingerprint density at radius 1 is 1.14 bits per heavy atom. The number of carbonyl (C=O) groups is 1. The Kier molecular flexibility index (Phi) is 13.9. The van der Waals surface area contributed by atoms with Gasteiger partial charge in [-0.3, -0.25) is 4.79 Å². The second-order valence-electron chi connectivity index (χ2n) is 11.5. The van der Waals surface area contributed by atoms with Gasteiger partial charge in [0.1, 0.15) is 5.75 Å². The zero-order valence-corrected chi connectivity index (χ0v) is 24.0. The highest BCUT2D eigenvalue weighted by Crippen LogP contribution is 2.28. The maximum atomic E-state index is 13.0. The number of methoxy groups -OCH3 is 1. The van der Waals surface area contributed by atoms with Crippen LogP contribution in [0.5, 0.6) is 5.75 Å². The van der Waals surface area contributed by atoms with Gasteiger partial charge in [0.15, 0.2) is 0 Å². The molecule has 0 bridgehead atoms. The molecule has 0 radical (unpaired) electrons. The predicted octanol–water partition coefficient (Wildman–Crippen LogP) is 4.26. The van der Waals surface area contributed by atoms with Crippen LogP contribution in [0, 0.1) is 30.6 Å². The van der Waals surface area contributed by atoms with E-state index in [0.29, 0.717) is 51.1 Å². The van der Waals surface area contributed by atoms with Crippen molar-refractivity contribution in [3.8, 4) is 5.75 Å². The number of carbonyl (C=O) groups excluding carboxylic acids is 1. The van der Waals surface area contributed by atoms with Gasteiger partial charge in [0.05, 0.1) is 12.7 Å². The van der Waals surface area contributed by atoms with Crippen molar-refractivity contribution in [2.45, 2.75) is 91.3 Å². The third kappa shape index (κ3) is 10.9. The highest BCUT2D eigenvalue weighted by molar-refractivity contribution is 5.79. The number of ether oxygens (including phenoxy) is 3. The van der Waals surface area contributed by atoms with Crippen LogP contribution in [0.4, 0.5) is 0 Å². The Balaban J connectivity index is 1.97. The van der Waals surface area contributed by atoms with Crippen molar-refractivity contribution >= 4 is 5.91 Å². The molecule has 0 unspecified atom stereocenters. The number of nitrogens with one attached hydrogen (secondary N) is 1. The number of hydrogen-bond acceptors (Lipinski definition) is 6. The van der Waals surface area contributed by atoms with E-state index in [1.165, 1.54) is 5.56 Å². The van der Waals surface area contributed by atoms with Gasteiger partial charge < -0.3 is 30.4 Å². The first-order chi connectivity index (χ1) is 17.6. The fourth-order valence-corrected chi connectivity index (χ4v) is 4.98. The van der Waals surface area contributed by atoms with Crippen LogP contribution in [0.2, 0.25) is 0 Å².